The van der Waals surface area contributed by atoms with Crippen LogP contribution in [0.3, 0.4) is 0 Å². The number of benzene rings is 1. The fraction of sp³-hybridized carbons (Fsp3) is 0.385. The number of ketones is 1. The minimum atomic E-state index is -3.33. The molecule has 0 radical (unpaired) electrons. The predicted molar refractivity (Wildman–Crippen MR) is 72.2 cm³/mol. The molecular formula is C13H15NO4S. The van der Waals surface area contributed by atoms with E-state index >= 15 is 0 Å². The molecule has 0 aromatic heterocycles. The number of hydrogen-bond donors (Lipinski definition) is 0. The molecule has 0 saturated heterocycles. The first-order valence-electron chi connectivity index (χ1n) is 5.88. The standard InChI is InChI=1S/C13H15NO4S/c1-14-11-5-3-10(12(15)8-19(2,17)18)7-9(11)4-6-13(14)16/h3,5,7H,4,6,8H2,1-2H3. The summed E-state index contributed by atoms with van der Waals surface area (Å²) in [6.45, 7) is 0. The monoisotopic (exact) mass is 281 g/mol. The quantitative estimate of drug-likeness (QED) is 0.769. The fourth-order valence-electron chi connectivity index (χ4n) is 2.15. The molecule has 0 spiro atoms. The third kappa shape index (κ3) is 3.01. The minimum absolute atomic E-state index is 0.0442. The van der Waals surface area contributed by atoms with Crippen molar-refractivity contribution in [2.24, 2.45) is 0 Å². The summed E-state index contributed by atoms with van der Waals surface area (Å²) in [4.78, 5) is 24.9. The van der Waals surface area contributed by atoms with E-state index in [9.17, 15) is 18.0 Å². The van der Waals surface area contributed by atoms with Gasteiger partial charge in [0.25, 0.3) is 0 Å². The van der Waals surface area contributed by atoms with Gasteiger partial charge >= 0.3 is 0 Å². The maximum atomic E-state index is 11.8. The van der Waals surface area contributed by atoms with E-state index in [1.54, 1.807) is 30.1 Å². The fourth-order valence-corrected chi connectivity index (χ4v) is 2.79. The highest BCUT2D eigenvalue weighted by molar-refractivity contribution is 7.91. The maximum absolute atomic E-state index is 11.8. The molecule has 0 atom stereocenters. The molecule has 102 valence electrons. The summed E-state index contributed by atoms with van der Waals surface area (Å²) < 4.78 is 22.3. The Kier molecular flexibility index (Phi) is 3.45. The number of hydrogen-bond acceptors (Lipinski definition) is 4. The lowest BCUT2D eigenvalue weighted by Crippen LogP contribution is -2.31. The molecule has 0 N–H and O–H groups in total. The number of rotatable bonds is 3. The van der Waals surface area contributed by atoms with Crippen molar-refractivity contribution in [3.8, 4) is 0 Å². The van der Waals surface area contributed by atoms with Gasteiger partial charge in [-0.15, -0.1) is 0 Å². The van der Waals surface area contributed by atoms with Crippen molar-refractivity contribution in [3.63, 3.8) is 0 Å². The molecule has 5 nitrogen and oxygen atoms in total. The third-order valence-electron chi connectivity index (χ3n) is 3.14. The van der Waals surface area contributed by atoms with Crippen LogP contribution in [0.4, 0.5) is 5.69 Å². The first-order valence-corrected chi connectivity index (χ1v) is 7.94. The van der Waals surface area contributed by atoms with Crippen LogP contribution < -0.4 is 4.90 Å². The van der Waals surface area contributed by atoms with Crippen molar-refractivity contribution in [2.45, 2.75) is 12.8 Å². The molecule has 1 aromatic rings. The van der Waals surface area contributed by atoms with Gasteiger partial charge in [-0.1, -0.05) is 0 Å². The number of aryl methyl sites for hydroxylation is 1. The van der Waals surface area contributed by atoms with Crippen molar-refractivity contribution >= 4 is 27.2 Å². The second-order valence-electron chi connectivity index (χ2n) is 4.79. The molecule has 0 aliphatic carbocycles. The van der Waals surface area contributed by atoms with Crippen LogP contribution in [-0.4, -0.2) is 39.2 Å². The van der Waals surface area contributed by atoms with E-state index in [-0.39, 0.29) is 5.91 Å². The van der Waals surface area contributed by atoms with Gasteiger partial charge in [0, 0.05) is 31.0 Å². The number of nitrogens with zero attached hydrogens (tertiary/aromatic N) is 1. The highest BCUT2D eigenvalue weighted by Gasteiger charge is 2.22. The Morgan fingerprint density at radius 3 is 2.63 bits per heavy atom. The Morgan fingerprint density at radius 1 is 1.32 bits per heavy atom. The number of Topliss-reactive ketones (excluding diaryl/α,β-unsaturated/α-hetero) is 1. The van der Waals surface area contributed by atoms with E-state index in [4.69, 9.17) is 0 Å². The zero-order valence-corrected chi connectivity index (χ0v) is 11.7. The average molecular weight is 281 g/mol. The topological polar surface area (TPSA) is 71.5 Å². The lowest BCUT2D eigenvalue weighted by atomic mass is 9.98. The normalized spacial score (nSPS) is 15.3. The lowest BCUT2D eigenvalue weighted by Gasteiger charge is -2.25. The van der Waals surface area contributed by atoms with Gasteiger partial charge < -0.3 is 4.90 Å². The summed E-state index contributed by atoms with van der Waals surface area (Å²) in [6, 6.07) is 4.95. The molecule has 1 aliphatic rings. The number of amides is 1. The first kappa shape index (κ1) is 13.7. The van der Waals surface area contributed by atoms with Crippen molar-refractivity contribution in [1.82, 2.24) is 0 Å². The maximum Gasteiger partial charge on any atom is 0.227 e. The zero-order chi connectivity index (χ0) is 14.2. The van der Waals surface area contributed by atoms with Gasteiger partial charge in [-0.2, -0.15) is 0 Å². The second kappa shape index (κ2) is 4.77. The Hall–Kier alpha value is -1.69. The van der Waals surface area contributed by atoms with Gasteiger partial charge in [0.05, 0.1) is 0 Å². The summed E-state index contributed by atoms with van der Waals surface area (Å²) in [5, 5.41) is 0. The van der Waals surface area contributed by atoms with E-state index < -0.39 is 21.4 Å². The van der Waals surface area contributed by atoms with Crippen molar-refractivity contribution in [3.05, 3.63) is 29.3 Å². The zero-order valence-electron chi connectivity index (χ0n) is 10.8. The number of carbonyl (C=O) groups excluding carboxylic acids is 2. The summed E-state index contributed by atoms with van der Waals surface area (Å²) in [5.74, 6) is -0.854. The van der Waals surface area contributed by atoms with Crippen LogP contribution in [0.5, 0.6) is 0 Å². The van der Waals surface area contributed by atoms with Crippen LogP contribution in [0.25, 0.3) is 0 Å². The van der Waals surface area contributed by atoms with E-state index in [1.165, 1.54) is 0 Å². The highest BCUT2D eigenvalue weighted by Crippen LogP contribution is 2.27. The number of fused-ring (bicyclic) bond motifs is 1. The first-order chi connectivity index (χ1) is 8.78. The molecule has 0 saturated carbocycles. The number of carbonyl (C=O) groups is 2. The molecule has 0 unspecified atom stereocenters. The molecule has 19 heavy (non-hydrogen) atoms. The summed E-state index contributed by atoms with van der Waals surface area (Å²) in [6.07, 6.45) is 2.03. The van der Waals surface area contributed by atoms with E-state index in [0.717, 1.165) is 17.5 Å². The van der Waals surface area contributed by atoms with E-state index in [2.05, 4.69) is 0 Å². The summed E-state index contributed by atoms with van der Waals surface area (Å²) >= 11 is 0. The van der Waals surface area contributed by atoms with Gasteiger partial charge in [-0.05, 0) is 30.2 Å². The van der Waals surface area contributed by atoms with Crippen LogP contribution in [0.15, 0.2) is 18.2 Å². The smallest absolute Gasteiger partial charge is 0.227 e. The van der Waals surface area contributed by atoms with Crippen molar-refractivity contribution in [2.75, 3.05) is 24.0 Å². The molecule has 2 rings (SSSR count). The van der Waals surface area contributed by atoms with Gasteiger partial charge in [0.15, 0.2) is 15.6 Å². The van der Waals surface area contributed by atoms with Gasteiger partial charge in [0.1, 0.15) is 5.75 Å². The number of sulfone groups is 1. The Bertz CT molecular complexity index is 649. The van der Waals surface area contributed by atoms with Crippen LogP contribution in [-0.2, 0) is 21.1 Å². The minimum Gasteiger partial charge on any atom is -0.315 e. The third-order valence-corrected chi connectivity index (χ3v) is 3.92. The Balaban J connectivity index is 2.32. The van der Waals surface area contributed by atoms with Crippen LogP contribution >= 0.6 is 0 Å². The molecular weight excluding hydrogens is 266 g/mol. The van der Waals surface area contributed by atoms with Crippen molar-refractivity contribution < 1.29 is 18.0 Å². The molecule has 6 heteroatoms. The summed E-state index contributed by atoms with van der Waals surface area (Å²) in [5.41, 5.74) is 2.07. The van der Waals surface area contributed by atoms with Crippen LogP contribution in [0, 0.1) is 0 Å². The van der Waals surface area contributed by atoms with Gasteiger partial charge in [-0.25, -0.2) is 8.42 Å². The molecule has 1 heterocycles. The molecule has 0 bridgehead atoms. The van der Waals surface area contributed by atoms with E-state index in [1.807, 2.05) is 0 Å². The SMILES string of the molecule is CN1C(=O)CCc2cc(C(=O)CS(C)(=O)=O)ccc21. The Morgan fingerprint density at radius 2 is 2.00 bits per heavy atom. The Labute approximate surface area is 112 Å². The van der Waals surface area contributed by atoms with Crippen LogP contribution in [0.2, 0.25) is 0 Å². The van der Waals surface area contributed by atoms with Crippen LogP contribution in [0.1, 0.15) is 22.3 Å². The molecule has 1 aliphatic heterocycles. The lowest BCUT2D eigenvalue weighted by molar-refractivity contribution is -0.118. The molecule has 1 amide bonds. The second-order valence-corrected chi connectivity index (χ2v) is 6.93. The molecule has 1 aromatic carbocycles. The molecule has 0 fully saturated rings. The van der Waals surface area contributed by atoms with Gasteiger partial charge in [0.2, 0.25) is 5.91 Å². The van der Waals surface area contributed by atoms with Crippen molar-refractivity contribution in [1.29, 1.82) is 0 Å². The summed E-state index contributed by atoms with van der Waals surface area (Å²) in [7, 11) is -1.63. The van der Waals surface area contributed by atoms with E-state index in [0.29, 0.717) is 18.4 Å². The average Bonchev–Trinajstić information content (AvgIpc) is 2.31. The highest BCUT2D eigenvalue weighted by atomic mass is 32.2. The largest absolute Gasteiger partial charge is 0.315 e. The van der Waals surface area contributed by atoms with Gasteiger partial charge in [-0.3, -0.25) is 9.59 Å². The predicted octanol–water partition coefficient (Wildman–Crippen LogP) is 0.823. The number of anilines is 1.